The molecule has 0 spiro atoms. The summed E-state index contributed by atoms with van der Waals surface area (Å²) in [7, 11) is 0. The van der Waals surface area contributed by atoms with Gasteiger partial charge < -0.3 is 10.6 Å². The average Bonchev–Trinajstić information content (AvgIpc) is 2.75. The number of amides is 2. The zero-order chi connectivity index (χ0) is 22.7. The van der Waals surface area contributed by atoms with E-state index in [0.29, 0.717) is 5.91 Å². The van der Waals surface area contributed by atoms with Crippen LogP contribution in [0.3, 0.4) is 0 Å². The maximum Gasteiger partial charge on any atom is 0.251 e. The van der Waals surface area contributed by atoms with E-state index in [4.69, 9.17) is 0 Å². The molecule has 3 fully saturated rings. The van der Waals surface area contributed by atoms with Crippen molar-refractivity contribution in [2.24, 2.45) is 11.3 Å². The molecule has 0 aliphatic heterocycles. The number of nitrogens with one attached hydrogen (secondary N) is 2. The molecule has 2 N–H and O–H groups in total. The molecule has 4 heteroatoms. The van der Waals surface area contributed by atoms with Crippen molar-refractivity contribution in [3.05, 3.63) is 34.4 Å². The van der Waals surface area contributed by atoms with Crippen LogP contribution < -0.4 is 10.6 Å². The van der Waals surface area contributed by atoms with Gasteiger partial charge in [-0.2, -0.15) is 0 Å². The van der Waals surface area contributed by atoms with E-state index in [9.17, 15) is 9.59 Å². The highest BCUT2D eigenvalue weighted by Gasteiger charge is 2.45. The molecule has 4 aliphatic rings. The number of hydrogen-bond donors (Lipinski definition) is 2. The van der Waals surface area contributed by atoms with Crippen molar-refractivity contribution >= 4 is 11.8 Å². The first-order valence-electron chi connectivity index (χ1n) is 13.1. The predicted octanol–water partition coefficient (Wildman–Crippen LogP) is 5.50. The summed E-state index contributed by atoms with van der Waals surface area (Å²) in [5.41, 5.74) is 4.70. The lowest BCUT2D eigenvalue weighted by molar-refractivity contribution is -0.137. The van der Waals surface area contributed by atoms with E-state index in [1.165, 1.54) is 55.2 Å². The third-order valence-electron chi connectivity index (χ3n) is 8.27. The van der Waals surface area contributed by atoms with Crippen LogP contribution in [0.4, 0.5) is 0 Å². The van der Waals surface area contributed by atoms with Crippen LogP contribution in [-0.2, 0) is 24.1 Å². The van der Waals surface area contributed by atoms with Gasteiger partial charge in [-0.3, -0.25) is 9.59 Å². The Kier molecular flexibility index (Phi) is 7.27. The van der Waals surface area contributed by atoms with Crippen LogP contribution in [-0.4, -0.2) is 23.9 Å². The van der Waals surface area contributed by atoms with Crippen LogP contribution in [0.5, 0.6) is 0 Å². The minimum Gasteiger partial charge on any atom is -0.353 e. The monoisotopic (exact) mass is 438 g/mol. The molecule has 32 heavy (non-hydrogen) atoms. The number of carbonyl (C=O) groups excluding carboxylic acids is 2. The lowest BCUT2D eigenvalue weighted by atomic mass is 9.60. The zero-order valence-electron chi connectivity index (χ0n) is 20.4. The third kappa shape index (κ3) is 5.05. The average molecular weight is 439 g/mol. The van der Waals surface area contributed by atoms with Gasteiger partial charge in [0, 0.05) is 23.1 Å². The van der Waals surface area contributed by atoms with E-state index in [-0.39, 0.29) is 23.4 Å². The van der Waals surface area contributed by atoms with Crippen molar-refractivity contribution in [1.29, 1.82) is 0 Å². The van der Waals surface area contributed by atoms with Gasteiger partial charge in [0.15, 0.2) is 0 Å². The summed E-state index contributed by atoms with van der Waals surface area (Å²) in [6.45, 7) is 6.18. The minimum atomic E-state index is -0.101. The summed E-state index contributed by atoms with van der Waals surface area (Å²) >= 11 is 0. The van der Waals surface area contributed by atoms with E-state index < -0.39 is 0 Å². The topological polar surface area (TPSA) is 58.2 Å². The van der Waals surface area contributed by atoms with Gasteiger partial charge in [0.2, 0.25) is 5.91 Å². The minimum absolute atomic E-state index is 0.0525. The molecule has 5 rings (SSSR count). The zero-order valence-corrected chi connectivity index (χ0v) is 20.4. The normalized spacial score (nSPS) is 26.1. The van der Waals surface area contributed by atoms with Crippen LogP contribution in [0.25, 0.3) is 0 Å². The van der Waals surface area contributed by atoms with Crippen LogP contribution >= 0.6 is 0 Å². The molecule has 0 heterocycles. The van der Waals surface area contributed by atoms with Gasteiger partial charge in [-0.15, -0.1) is 0 Å². The van der Waals surface area contributed by atoms with Crippen molar-refractivity contribution in [2.45, 2.75) is 116 Å². The van der Waals surface area contributed by atoms with Gasteiger partial charge in [0.1, 0.15) is 0 Å². The fourth-order valence-corrected chi connectivity index (χ4v) is 6.39. The van der Waals surface area contributed by atoms with E-state index >= 15 is 0 Å². The number of benzene rings is 1. The first-order chi connectivity index (χ1) is 15.4. The van der Waals surface area contributed by atoms with Gasteiger partial charge >= 0.3 is 0 Å². The van der Waals surface area contributed by atoms with Crippen LogP contribution in [0.1, 0.15) is 112 Å². The molecule has 4 nitrogen and oxygen atoms in total. The first-order valence-corrected chi connectivity index (χ1v) is 13.1. The van der Waals surface area contributed by atoms with Gasteiger partial charge in [-0.25, -0.2) is 0 Å². The Hall–Kier alpha value is -1.84. The fraction of sp³-hybridized carbons (Fsp3) is 0.714. The Morgan fingerprint density at radius 3 is 2.16 bits per heavy atom. The standard InChI is InChI=1S/C28H42N2O2/c1-19(2)29-26(31)25-11-10-22(23-8-6-4-5-7-9-24(23)25)18-20(3)30-27(32)28-15-12-21(13-16-28)14-17-28/h10-11,19-21H,4-9,12-18H2,1-3H3,(H,29,31)(H,30,32). The Morgan fingerprint density at radius 2 is 1.53 bits per heavy atom. The maximum absolute atomic E-state index is 13.2. The molecule has 1 aromatic rings. The second kappa shape index (κ2) is 9.97. The molecular weight excluding hydrogens is 396 g/mol. The quantitative estimate of drug-likeness (QED) is 0.616. The smallest absolute Gasteiger partial charge is 0.251 e. The summed E-state index contributed by atoms with van der Waals surface area (Å²) in [5, 5.41) is 6.48. The largest absolute Gasteiger partial charge is 0.353 e. The molecule has 1 unspecified atom stereocenters. The van der Waals surface area contributed by atoms with Crippen LogP contribution in [0.15, 0.2) is 12.1 Å². The van der Waals surface area contributed by atoms with Crippen molar-refractivity contribution in [3.8, 4) is 0 Å². The van der Waals surface area contributed by atoms with Gasteiger partial charge in [-0.1, -0.05) is 18.9 Å². The summed E-state index contributed by atoms with van der Waals surface area (Å²) < 4.78 is 0. The summed E-state index contributed by atoms with van der Waals surface area (Å²) in [6.07, 6.45) is 14.6. The summed E-state index contributed by atoms with van der Waals surface area (Å²) in [4.78, 5) is 26.1. The number of fused-ring (bicyclic) bond motifs is 4. The van der Waals surface area contributed by atoms with Gasteiger partial charge in [-0.05, 0) is 120 Å². The third-order valence-corrected chi connectivity index (χ3v) is 8.27. The van der Waals surface area contributed by atoms with Crippen molar-refractivity contribution in [2.75, 3.05) is 0 Å². The predicted molar refractivity (Wildman–Crippen MR) is 130 cm³/mol. The second-order valence-electron chi connectivity index (χ2n) is 11.1. The molecule has 176 valence electrons. The molecule has 3 saturated carbocycles. The Morgan fingerprint density at radius 1 is 0.906 bits per heavy atom. The maximum atomic E-state index is 13.2. The molecule has 0 saturated heterocycles. The Labute approximate surface area is 194 Å². The van der Waals surface area contributed by atoms with E-state index in [1.54, 1.807) is 0 Å². The lowest BCUT2D eigenvalue weighted by Crippen LogP contribution is -2.49. The highest BCUT2D eigenvalue weighted by molar-refractivity contribution is 5.96. The molecular formula is C28H42N2O2. The fourth-order valence-electron chi connectivity index (χ4n) is 6.39. The molecule has 1 aromatic carbocycles. The molecule has 0 aromatic heterocycles. The summed E-state index contributed by atoms with van der Waals surface area (Å²) in [5.74, 6) is 1.21. The van der Waals surface area contributed by atoms with Crippen molar-refractivity contribution in [3.63, 3.8) is 0 Å². The molecule has 0 radical (unpaired) electrons. The molecule has 1 atom stereocenters. The highest BCUT2D eigenvalue weighted by Crippen LogP contribution is 2.50. The first kappa shape index (κ1) is 23.3. The van der Waals surface area contributed by atoms with E-state index in [2.05, 4.69) is 23.6 Å². The van der Waals surface area contributed by atoms with E-state index in [0.717, 1.165) is 56.4 Å². The number of hydrogen-bond acceptors (Lipinski definition) is 2. The number of rotatable bonds is 6. The Bertz CT molecular complexity index is 822. The number of carbonyl (C=O) groups is 2. The SMILES string of the molecule is CC(C)NC(=O)c1ccc(CC(C)NC(=O)C23CCC(CC2)CC3)c2c1CCCCCC2. The van der Waals surface area contributed by atoms with Gasteiger partial charge in [0.25, 0.3) is 5.91 Å². The van der Waals surface area contributed by atoms with Crippen molar-refractivity contribution < 1.29 is 9.59 Å². The van der Waals surface area contributed by atoms with Gasteiger partial charge in [0.05, 0.1) is 0 Å². The molecule has 4 aliphatic carbocycles. The van der Waals surface area contributed by atoms with Crippen molar-refractivity contribution in [1.82, 2.24) is 10.6 Å². The second-order valence-corrected chi connectivity index (χ2v) is 11.1. The van der Waals surface area contributed by atoms with E-state index in [1.807, 2.05) is 19.9 Å². The van der Waals surface area contributed by atoms with Crippen LogP contribution in [0, 0.1) is 11.3 Å². The Balaban J connectivity index is 1.51. The molecule has 2 bridgehead atoms. The highest BCUT2D eigenvalue weighted by atomic mass is 16.2. The van der Waals surface area contributed by atoms with Crippen LogP contribution in [0.2, 0.25) is 0 Å². The molecule has 2 amide bonds. The lowest BCUT2D eigenvalue weighted by Gasteiger charge is -2.45. The summed E-state index contributed by atoms with van der Waals surface area (Å²) in [6, 6.07) is 4.43.